The van der Waals surface area contributed by atoms with Crippen LogP contribution in [0.3, 0.4) is 0 Å². The van der Waals surface area contributed by atoms with Crippen molar-refractivity contribution in [2.45, 2.75) is 52.7 Å². The van der Waals surface area contributed by atoms with Crippen molar-refractivity contribution in [2.24, 2.45) is 29.6 Å². The van der Waals surface area contributed by atoms with Crippen LogP contribution < -0.4 is 0 Å². The fourth-order valence-corrected chi connectivity index (χ4v) is 3.98. The van der Waals surface area contributed by atoms with E-state index >= 15 is 0 Å². The second-order valence-corrected chi connectivity index (χ2v) is 6.40. The van der Waals surface area contributed by atoms with Gasteiger partial charge in [-0.2, -0.15) is 0 Å². The quantitative estimate of drug-likeness (QED) is 0.842. The number of fused-ring (bicyclic) bond motifs is 1. The Kier molecular flexibility index (Phi) is 4.44. The molecule has 0 bridgehead atoms. The van der Waals surface area contributed by atoms with E-state index in [2.05, 4.69) is 13.8 Å². The lowest BCUT2D eigenvalue weighted by Crippen LogP contribution is -2.49. The molecule has 2 rings (SSSR count). The molecule has 1 saturated heterocycles. The molecule has 1 aliphatic carbocycles. The third-order valence-electron chi connectivity index (χ3n) is 5.09. The van der Waals surface area contributed by atoms with Gasteiger partial charge in [0.05, 0.1) is 6.61 Å². The maximum atomic E-state index is 11.2. The number of ketones is 1. The Morgan fingerprint density at radius 2 is 2.00 bits per heavy atom. The van der Waals surface area contributed by atoms with Gasteiger partial charge in [0.15, 0.2) is 6.29 Å². The van der Waals surface area contributed by atoms with E-state index in [4.69, 9.17) is 4.74 Å². The predicted molar refractivity (Wildman–Crippen MR) is 69.9 cm³/mol. The van der Waals surface area contributed by atoms with E-state index in [0.717, 1.165) is 6.42 Å². The Labute approximate surface area is 110 Å². The van der Waals surface area contributed by atoms with Gasteiger partial charge >= 0.3 is 0 Å². The lowest BCUT2D eigenvalue weighted by Gasteiger charge is -2.49. The number of aliphatic hydroxyl groups excluding tert-OH is 1. The molecular weight excluding hydrogens is 228 g/mol. The van der Waals surface area contributed by atoms with Gasteiger partial charge in [0.1, 0.15) is 5.78 Å². The average molecular weight is 254 g/mol. The van der Waals surface area contributed by atoms with Crippen molar-refractivity contribution in [3.05, 3.63) is 0 Å². The van der Waals surface area contributed by atoms with Crippen LogP contribution in [0.1, 0.15) is 46.5 Å². The molecule has 1 heterocycles. The van der Waals surface area contributed by atoms with Crippen molar-refractivity contribution in [2.75, 3.05) is 6.61 Å². The molecule has 6 atom stereocenters. The molecule has 0 aromatic heterocycles. The van der Waals surface area contributed by atoms with Gasteiger partial charge < -0.3 is 14.6 Å². The van der Waals surface area contributed by atoms with Gasteiger partial charge in [-0.25, -0.2) is 0 Å². The molecule has 1 saturated carbocycles. The molecular formula is C15H26O3. The molecule has 1 N–H and O–H groups in total. The summed E-state index contributed by atoms with van der Waals surface area (Å²) in [5, 5.41) is 10.2. The molecule has 0 aromatic carbocycles. The van der Waals surface area contributed by atoms with Crippen molar-refractivity contribution in [3.63, 3.8) is 0 Å². The number of aliphatic hydroxyl groups is 1. The molecule has 0 spiro atoms. The Balaban J connectivity index is 2.10. The van der Waals surface area contributed by atoms with E-state index in [0.29, 0.717) is 36.7 Å². The lowest BCUT2D eigenvalue weighted by molar-refractivity contribution is -0.223. The van der Waals surface area contributed by atoms with Crippen LogP contribution in [0, 0.1) is 29.6 Å². The normalized spacial score (nSPS) is 44.4. The first-order chi connectivity index (χ1) is 8.50. The first-order valence-corrected chi connectivity index (χ1v) is 7.29. The number of hydrogen-bond acceptors (Lipinski definition) is 3. The zero-order valence-corrected chi connectivity index (χ0v) is 11.8. The van der Waals surface area contributed by atoms with Crippen LogP contribution in [-0.2, 0) is 9.53 Å². The molecule has 0 radical (unpaired) electrons. The van der Waals surface area contributed by atoms with E-state index in [-0.39, 0.29) is 11.7 Å². The Hall–Kier alpha value is -0.410. The van der Waals surface area contributed by atoms with Crippen LogP contribution in [0.2, 0.25) is 0 Å². The SMILES string of the molecule is CC(=O)CC[C@@H]1[C@H]2[C@@H](CC[C@H]1C)[C@@H](C)CO[C@H]2O. The van der Waals surface area contributed by atoms with Crippen molar-refractivity contribution in [3.8, 4) is 0 Å². The first kappa shape index (κ1) is 14.0. The fraction of sp³-hybridized carbons (Fsp3) is 0.933. The highest BCUT2D eigenvalue weighted by atomic mass is 16.6. The van der Waals surface area contributed by atoms with Crippen LogP contribution in [0.15, 0.2) is 0 Å². The molecule has 3 heteroatoms. The molecule has 3 nitrogen and oxygen atoms in total. The minimum atomic E-state index is -0.620. The maximum Gasteiger partial charge on any atom is 0.157 e. The van der Waals surface area contributed by atoms with Crippen molar-refractivity contribution < 1.29 is 14.6 Å². The van der Waals surface area contributed by atoms with Crippen LogP contribution in [-0.4, -0.2) is 23.8 Å². The summed E-state index contributed by atoms with van der Waals surface area (Å²) >= 11 is 0. The highest BCUT2D eigenvalue weighted by Gasteiger charge is 2.46. The largest absolute Gasteiger partial charge is 0.368 e. The van der Waals surface area contributed by atoms with E-state index in [1.165, 1.54) is 12.8 Å². The summed E-state index contributed by atoms with van der Waals surface area (Å²) in [4.78, 5) is 11.2. The highest BCUT2D eigenvalue weighted by molar-refractivity contribution is 5.75. The first-order valence-electron chi connectivity index (χ1n) is 7.29. The van der Waals surface area contributed by atoms with Crippen LogP contribution in [0.25, 0.3) is 0 Å². The minimum absolute atomic E-state index is 0.233. The van der Waals surface area contributed by atoms with Gasteiger partial charge in [-0.1, -0.05) is 20.3 Å². The fourth-order valence-electron chi connectivity index (χ4n) is 3.98. The van der Waals surface area contributed by atoms with Gasteiger partial charge in [0.2, 0.25) is 0 Å². The summed E-state index contributed by atoms with van der Waals surface area (Å²) in [5.41, 5.74) is 0. The summed E-state index contributed by atoms with van der Waals surface area (Å²) in [6, 6.07) is 0. The molecule has 104 valence electrons. The molecule has 0 amide bonds. The summed E-state index contributed by atoms with van der Waals surface area (Å²) in [7, 11) is 0. The average Bonchev–Trinajstić information content (AvgIpc) is 2.32. The minimum Gasteiger partial charge on any atom is -0.368 e. The van der Waals surface area contributed by atoms with Gasteiger partial charge in [0.25, 0.3) is 0 Å². The summed E-state index contributed by atoms with van der Waals surface area (Å²) in [6.45, 7) is 6.81. The van der Waals surface area contributed by atoms with Gasteiger partial charge in [-0.15, -0.1) is 0 Å². The standard InChI is InChI=1S/C15H26O3/c1-9-4-6-13-10(2)8-18-15(17)14(13)12(9)7-5-11(3)16/h9-10,12-15,17H,4-8H2,1-3H3/t9-,10+,12+,13+,14+,15-/m1/s1. The topological polar surface area (TPSA) is 46.5 Å². The van der Waals surface area contributed by atoms with Crippen LogP contribution in [0.4, 0.5) is 0 Å². The Morgan fingerprint density at radius 1 is 1.28 bits per heavy atom. The second-order valence-electron chi connectivity index (χ2n) is 6.40. The third-order valence-corrected chi connectivity index (χ3v) is 5.09. The van der Waals surface area contributed by atoms with E-state index in [1.807, 2.05) is 0 Å². The number of hydrogen-bond donors (Lipinski definition) is 1. The Bertz CT molecular complexity index is 302. The Morgan fingerprint density at radius 3 is 2.67 bits per heavy atom. The van der Waals surface area contributed by atoms with E-state index in [1.54, 1.807) is 6.92 Å². The smallest absolute Gasteiger partial charge is 0.157 e. The van der Waals surface area contributed by atoms with Crippen molar-refractivity contribution >= 4 is 5.78 Å². The number of rotatable bonds is 3. The van der Waals surface area contributed by atoms with E-state index < -0.39 is 6.29 Å². The summed E-state index contributed by atoms with van der Waals surface area (Å²) in [6.07, 6.45) is 3.35. The zero-order valence-electron chi connectivity index (χ0n) is 11.8. The van der Waals surface area contributed by atoms with Crippen LogP contribution in [0.5, 0.6) is 0 Å². The number of ether oxygens (including phenoxy) is 1. The predicted octanol–water partition coefficient (Wildman–Crippen LogP) is 2.62. The number of Topliss-reactive ketones (excluding diaryl/α,β-unsaturated/α-hetero) is 1. The molecule has 0 aromatic rings. The van der Waals surface area contributed by atoms with E-state index in [9.17, 15) is 9.90 Å². The van der Waals surface area contributed by atoms with Crippen molar-refractivity contribution in [1.82, 2.24) is 0 Å². The number of carbonyl (C=O) groups is 1. The van der Waals surface area contributed by atoms with Crippen LogP contribution >= 0.6 is 0 Å². The lowest BCUT2D eigenvalue weighted by atomic mass is 9.61. The molecule has 0 unspecified atom stereocenters. The zero-order chi connectivity index (χ0) is 13.3. The molecule has 1 aliphatic heterocycles. The highest BCUT2D eigenvalue weighted by Crippen LogP contribution is 2.48. The summed E-state index contributed by atoms with van der Waals surface area (Å²) in [5.74, 6) is 2.62. The monoisotopic (exact) mass is 254 g/mol. The van der Waals surface area contributed by atoms with Gasteiger partial charge in [-0.05, 0) is 43.4 Å². The molecule has 18 heavy (non-hydrogen) atoms. The third kappa shape index (κ3) is 2.77. The van der Waals surface area contributed by atoms with Crippen molar-refractivity contribution in [1.29, 1.82) is 0 Å². The second kappa shape index (κ2) is 5.70. The summed E-state index contributed by atoms with van der Waals surface area (Å²) < 4.78 is 5.52. The number of carbonyl (C=O) groups excluding carboxylic acids is 1. The maximum absolute atomic E-state index is 11.2. The molecule has 2 aliphatic rings. The van der Waals surface area contributed by atoms with Gasteiger partial charge in [0, 0.05) is 12.3 Å². The molecule has 2 fully saturated rings. The van der Waals surface area contributed by atoms with Gasteiger partial charge in [-0.3, -0.25) is 0 Å².